The number of hydrogen-bond acceptors (Lipinski definition) is 2. The minimum atomic E-state index is -1.01. The van der Waals surface area contributed by atoms with E-state index in [2.05, 4.69) is 0 Å². The van der Waals surface area contributed by atoms with E-state index in [4.69, 9.17) is 4.74 Å². The monoisotopic (exact) mass is 179 g/mol. The largest absolute Gasteiger partial charge is 0.361 e. The maximum Gasteiger partial charge on any atom is 0.137 e. The van der Waals surface area contributed by atoms with E-state index in [1.807, 2.05) is 20.8 Å². The minimum absolute atomic E-state index is 0.203. The second-order valence-corrected chi connectivity index (χ2v) is 5.12. The van der Waals surface area contributed by atoms with Crippen molar-refractivity contribution < 1.29 is 8.95 Å². The predicted octanol–water partition coefficient (Wildman–Crippen LogP) is 0.984. The Bertz CT molecular complexity index is 140. The molecule has 0 aromatic rings. The van der Waals surface area contributed by atoms with Gasteiger partial charge in [-0.15, -0.1) is 0 Å². The van der Waals surface area contributed by atoms with Crippen LogP contribution in [0.4, 0.5) is 0 Å². The van der Waals surface area contributed by atoms with Crippen LogP contribution in [0.25, 0.3) is 0 Å². The normalized spacial score (nSPS) is 15.5. The molecule has 0 aromatic heterocycles. The molecule has 0 fully saturated rings. The average Bonchev–Trinajstić information content (AvgIpc) is 1.80. The zero-order chi connectivity index (χ0) is 9.07. The van der Waals surface area contributed by atoms with Crippen LogP contribution in [0.2, 0.25) is 0 Å². The van der Waals surface area contributed by atoms with Gasteiger partial charge in [0.15, 0.2) is 0 Å². The summed E-state index contributed by atoms with van der Waals surface area (Å²) in [6.45, 7) is 5.83. The summed E-state index contributed by atoms with van der Waals surface area (Å²) in [5, 5.41) is 0. The molecule has 0 saturated heterocycles. The fourth-order valence-electron chi connectivity index (χ4n) is 0.333. The average molecular weight is 179 g/mol. The van der Waals surface area contributed by atoms with Crippen molar-refractivity contribution in [1.82, 2.24) is 4.31 Å². The van der Waals surface area contributed by atoms with Gasteiger partial charge in [0.1, 0.15) is 16.9 Å². The van der Waals surface area contributed by atoms with Crippen LogP contribution in [0.15, 0.2) is 0 Å². The second-order valence-electron chi connectivity index (χ2n) is 3.51. The molecule has 0 aliphatic carbocycles. The number of ether oxygens (including phenoxy) is 1. The fraction of sp³-hybridized carbons (Fsp3) is 1.00. The Hall–Kier alpha value is 0.0700. The van der Waals surface area contributed by atoms with Gasteiger partial charge in [-0.2, -0.15) is 0 Å². The molecule has 0 saturated carbocycles. The van der Waals surface area contributed by atoms with Crippen LogP contribution in [0.1, 0.15) is 20.8 Å². The van der Waals surface area contributed by atoms with Crippen LogP contribution >= 0.6 is 0 Å². The predicted molar refractivity (Wildman–Crippen MR) is 47.5 cm³/mol. The van der Waals surface area contributed by atoms with E-state index in [-0.39, 0.29) is 11.5 Å². The summed E-state index contributed by atoms with van der Waals surface area (Å²) < 4.78 is 18.0. The maximum atomic E-state index is 11.1. The number of rotatable bonds is 3. The molecule has 1 unspecified atom stereocenters. The third-order valence-corrected chi connectivity index (χ3v) is 2.13. The Kier molecular flexibility index (Phi) is 4.21. The van der Waals surface area contributed by atoms with Crippen molar-refractivity contribution in [3.63, 3.8) is 0 Å². The van der Waals surface area contributed by atoms with Gasteiger partial charge < -0.3 is 4.74 Å². The van der Waals surface area contributed by atoms with Gasteiger partial charge >= 0.3 is 0 Å². The van der Waals surface area contributed by atoms with E-state index < -0.39 is 11.0 Å². The molecule has 0 radical (unpaired) electrons. The molecule has 0 aliphatic rings. The molecule has 0 spiro atoms. The molecule has 68 valence electrons. The molecule has 0 rings (SSSR count). The third kappa shape index (κ3) is 6.47. The first-order valence-electron chi connectivity index (χ1n) is 3.53. The second kappa shape index (κ2) is 4.18. The van der Waals surface area contributed by atoms with E-state index in [0.717, 1.165) is 0 Å². The molecular weight excluding hydrogens is 162 g/mol. The van der Waals surface area contributed by atoms with Crippen molar-refractivity contribution in [3.8, 4) is 0 Å². The van der Waals surface area contributed by atoms with Crippen LogP contribution in [-0.4, -0.2) is 34.1 Å². The third-order valence-electron chi connectivity index (χ3n) is 1.00. The standard InChI is InChI=1S/C7H17NO2S/c1-7(2,3)10-6-11(9)8(4)5/h6H2,1-5H3. The van der Waals surface area contributed by atoms with Gasteiger partial charge in [-0.05, 0) is 34.9 Å². The molecule has 0 bridgehead atoms. The summed E-state index contributed by atoms with van der Waals surface area (Å²) in [5.74, 6) is 0.274. The molecule has 4 heteroatoms. The quantitative estimate of drug-likeness (QED) is 0.646. The Morgan fingerprint density at radius 1 is 1.36 bits per heavy atom. The lowest BCUT2D eigenvalue weighted by atomic mass is 10.2. The molecule has 1 atom stereocenters. The summed E-state index contributed by atoms with van der Waals surface area (Å²) in [7, 11) is 2.52. The van der Waals surface area contributed by atoms with Crippen LogP contribution < -0.4 is 0 Å². The highest BCUT2D eigenvalue weighted by Gasteiger charge is 2.12. The van der Waals surface area contributed by atoms with Crippen molar-refractivity contribution in [2.45, 2.75) is 26.4 Å². The van der Waals surface area contributed by atoms with Crippen LogP contribution in [0.3, 0.4) is 0 Å². The maximum absolute atomic E-state index is 11.1. The smallest absolute Gasteiger partial charge is 0.137 e. The van der Waals surface area contributed by atoms with Gasteiger partial charge in [0.25, 0.3) is 0 Å². The van der Waals surface area contributed by atoms with Crippen LogP contribution in [-0.2, 0) is 15.7 Å². The zero-order valence-corrected chi connectivity index (χ0v) is 8.70. The topological polar surface area (TPSA) is 29.5 Å². The molecule has 0 N–H and O–H groups in total. The van der Waals surface area contributed by atoms with E-state index in [1.165, 1.54) is 0 Å². The summed E-state index contributed by atoms with van der Waals surface area (Å²) in [6.07, 6.45) is 0. The van der Waals surface area contributed by atoms with E-state index >= 15 is 0 Å². The van der Waals surface area contributed by atoms with Gasteiger partial charge in [-0.1, -0.05) is 0 Å². The Morgan fingerprint density at radius 3 is 2.09 bits per heavy atom. The Labute approximate surface area is 71.3 Å². The van der Waals surface area contributed by atoms with E-state index in [0.29, 0.717) is 0 Å². The van der Waals surface area contributed by atoms with Gasteiger partial charge in [0, 0.05) is 0 Å². The lowest BCUT2D eigenvalue weighted by Gasteiger charge is -2.20. The summed E-state index contributed by atoms with van der Waals surface area (Å²) in [4.78, 5) is 0. The van der Waals surface area contributed by atoms with Gasteiger partial charge in [-0.3, -0.25) is 0 Å². The first-order valence-corrected chi connectivity index (χ1v) is 4.80. The Balaban J connectivity index is 3.64. The lowest BCUT2D eigenvalue weighted by molar-refractivity contribution is 0.0259. The Morgan fingerprint density at radius 2 is 1.82 bits per heavy atom. The first kappa shape index (κ1) is 11.1. The SMILES string of the molecule is CN(C)S(=O)COC(C)(C)C. The highest BCUT2D eigenvalue weighted by atomic mass is 32.2. The lowest BCUT2D eigenvalue weighted by Crippen LogP contribution is -2.26. The highest BCUT2D eigenvalue weighted by molar-refractivity contribution is 7.82. The van der Waals surface area contributed by atoms with Crippen LogP contribution in [0, 0.1) is 0 Å². The van der Waals surface area contributed by atoms with Gasteiger partial charge in [0.05, 0.1) is 5.60 Å². The fourth-order valence-corrected chi connectivity index (χ4v) is 0.998. The van der Waals surface area contributed by atoms with Crippen molar-refractivity contribution in [1.29, 1.82) is 0 Å². The molecular formula is C7H17NO2S. The summed E-state index contributed by atoms with van der Waals surface area (Å²) in [6, 6.07) is 0. The minimum Gasteiger partial charge on any atom is -0.361 e. The van der Waals surface area contributed by atoms with Crippen molar-refractivity contribution in [2.75, 3.05) is 20.0 Å². The molecule has 0 amide bonds. The van der Waals surface area contributed by atoms with Crippen molar-refractivity contribution >= 4 is 11.0 Å². The van der Waals surface area contributed by atoms with Crippen LogP contribution in [0.5, 0.6) is 0 Å². The van der Waals surface area contributed by atoms with Crippen molar-refractivity contribution in [2.24, 2.45) is 0 Å². The zero-order valence-electron chi connectivity index (χ0n) is 7.88. The first-order chi connectivity index (χ1) is 4.83. The number of nitrogens with zero attached hydrogens (tertiary/aromatic N) is 1. The molecule has 0 aromatic carbocycles. The number of hydrogen-bond donors (Lipinski definition) is 0. The summed E-state index contributed by atoms with van der Waals surface area (Å²) in [5.41, 5.74) is -0.203. The molecule has 11 heavy (non-hydrogen) atoms. The van der Waals surface area contributed by atoms with Gasteiger partial charge in [-0.25, -0.2) is 8.51 Å². The van der Waals surface area contributed by atoms with E-state index in [9.17, 15) is 4.21 Å². The van der Waals surface area contributed by atoms with Crippen molar-refractivity contribution in [3.05, 3.63) is 0 Å². The van der Waals surface area contributed by atoms with E-state index in [1.54, 1.807) is 18.4 Å². The molecule has 3 nitrogen and oxygen atoms in total. The summed E-state index contributed by atoms with van der Waals surface area (Å²) >= 11 is 0. The van der Waals surface area contributed by atoms with Gasteiger partial charge in [0.2, 0.25) is 0 Å². The molecule has 0 heterocycles. The highest BCUT2D eigenvalue weighted by Crippen LogP contribution is 2.07. The molecule has 0 aliphatic heterocycles.